The van der Waals surface area contributed by atoms with E-state index in [4.69, 9.17) is 19.9 Å². The minimum absolute atomic E-state index is 0.0902. The molecule has 26 nitrogen and oxygen atoms in total. The van der Waals surface area contributed by atoms with Gasteiger partial charge in [-0.15, -0.1) is 0 Å². The molecule has 524 valence electrons. The lowest BCUT2D eigenvalue weighted by Gasteiger charge is -2.41. The first-order valence-electron chi connectivity index (χ1n) is 33.0. The van der Waals surface area contributed by atoms with E-state index in [0.29, 0.717) is 68.4 Å². The molecule has 2 aromatic rings. The Bertz CT molecular complexity index is 2840. The van der Waals surface area contributed by atoms with E-state index in [1.165, 1.54) is 43.2 Å². The van der Waals surface area contributed by atoms with Gasteiger partial charge in [0.05, 0.1) is 48.8 Å². The van der Waals surface area contributed by atoms with Gasteiger partial charge < -0.3 is 76.8 Å². The summed E-state index contributed by atoms with van der Waals surface area (Å²) in [6.07, 6.45) is 2.45. The number of aliphatic hydroxyl groups is 2. The molecule has 13 atom stereocenters. The molecule has 2 heterocycles. The van der Waals surface area contributed by atoms with Crippen molar-refractivity contribution in [2.45, 2.75) is 207 Å². The molecular weight excluding hydrogens is 1210 g/mol. The van der Waals surface area contributed by atoms with Crippen molar-refractivity contribution in [3.05, 3.63) is 77.9 Å². The van der Waals surface area contributed by atoms with Gasteiger partial charge in [0.1, 0.15) is 37.0 Å². The van der Waals surface area contributed by atoms with E-state index in [1.54, 1.807) is 109 Å². The van der Waals surface area contributed by atoms with Gasteiger partial charge in [-0.25, -0.2) is 9.59 Å². The highest BCUT2D eigenvalue weighted by molar-refractivity contribution is 5.98. The van der Waals surface area contributed by atoms with Crippen molar-refractivity contribution in [1.82, 2.24) is 46.2 Å². The van der Waals surface area contributed by atoms with E-state index in [1.807, 2.05) is 32.0 Å². The van der Waals surface area contributed by atoms with E-state index in [9.17, 15) is 58.2 Å². The monoisotopic (exact) mass is 1320 g/mol. The fourth-order valence-corrected chi connectivity index (χ4v) is 12.2. The second kappa shape index (κ2) is 38.6. The number of amides is 11. The number of carbonyl (C=O) groups excluding carboxylic acids is 10. The number of unbranched alkanes of at least 4 members (excludes halogenated alkanes) is 2. The SMILES string of the molecule is CC[C@H](C)[C@@H]([C@@H](CC(=O)N1CCC[C@H]1[C@H](OC)[C@@H](C)C(=O)N[C@H](C)[C@@H](O)c1ccccc1)OC)N(C)C(=O)[C@@H](NC(=O)[C@H](C(C)C)N(C)C(=O)OCc1ccc(NC(=O)[C@H](CCCNC(N)=O)NC(=O)[C@@H](NC(=O)CCCCCN2C(=O)C=CC2O)C(C)C)cc1)C(C)C. The maximum atomic E-state index is 14.8. The number of primary amides is 1. The van der Waals surface area contributed by atoms with Gasteiger partial charge >= 0.3 is 12.1 Å². The van der Waals surface area contributed by atoms with Crippen LogP contribution in [0, 0.1) is 29.6 Å². The zero-order valence-electron chi connectivity index (χ0n) is 57.6. The van der Waals surface area contributed by atoms with Gasteiger partial charge in [0.2, 0.25) is 47.3 Å². The smallest absolute Gasteiger partial charge is 0.410 e. The summed E-state index contributed by atoms with van der Waals surface area (Å²) in [6.45, 7) is 18.7. The first kappa shape index (κ1) is 78.8. The molecule has 1 saturated heterocycles. The standard InChI is InChI=1S/C68H107N11O15/c1-15-43(8)59(51(92-13)38-55(83)78-37-23-27-50(78)61(93-14)44(9)62(85)71-45(10)60(84)47-24-18-16-19-25-47)76(11)66(89)57(41(4)5)75-65(88)58(42(6)7)77(12)68(91)94-39-46-29-31-48(32-30-46)72-63(86)49(26-22-35-70-67(69)90)73-64(87)56(40(2)3)74-52(80)28-20-17-21-36-79-53(81)33-34-54(79)82/h16,18-19,24-25,29-34,40-45,49-51,53,56-61,81,84H,15,17,20-23,26-28,35-39H2,1-14H3,(H,71,85)(H,72,86)(H,73,87)(H,74,80)(H,75,88)(H3,69,70,90)/t43-,44+,45+,49-,50-,51+,53?,56-,57-,58-,59-,60+,61+/m0/s1. The second-order valence-electron chi connectivity index (χ2n) is 25.9. The summed E-state index contributed by atoms with van der Waals surface area (Å²) in [5.41, 5.74) is 6.78. The number of benzene rings is 2. The third kappa shape index (κ3) is 23.1. The number of likely N-dealkylation sites (tertiary alicyclic amines) is 1. The normalized spacial score (nSPS) is 18.2. The summed E-state index contributed by atoms with van der Waals surface area (Å²) in [7, 11) is 6.08. The van der Waals surface area contributed by atoms with Crippen LogP contribution in [0.5, 0.6) is 0 Å². The number of nitrogens with two attached hydrogens (primary N) is 1. The van der Waals surface area contributed by atoms with E-state index in [0.717, 1.165) is 0 Å². The molecule has 10 N–H and O–H groups in total. The van der Waals surface area contributed by atoms with Gasteiger partial charge in [0.15, 0.2) is 0 Å². The Kier molecular flexibility index (Phi) is 32.4. The summed E-state index contributed by atoms with van der Waals surface area (Å²) in [5.74, 6) is -5.49. The summed E-state index contributed by atoms with van der Waals surface area (Å²) < 4.78 is 17.8. The predicted octanol–water partition coefficient (Wildman–Crippen LogP) is 4.87. The van der Waals surface area contributed by atoms with E-state index >= 15 is 0 Å². The summed E-state index contributed by atoms with van der Waals surface area (Å²) in [6, 6.07) is 8.79. The number of aliphatic hydroxyl groups excluding tert-OH is 2. The Hall–Kier alpha value is -7.68. The molecule has 0 aliphatic carbocycles. The average molecular weight is 1320 g/mol. The Morgan fingerprint density at radius 3 is 1.98 bits per heavy atom. The van der Waals surface area contributed by atoms with E-state index in [-0.39, 0.29) is 74.3 Å². The third-order valence-corrected chi connectivity index (χ3v) is 17.8. The molecule has 1 fully saturated rings. The topological polar surface area (TPSA) is 350 Å². The van der Waals surface area contributed by atoms with Gasteiger partial charge in [-0.2, -0.15) is 0 Å². The van der Waals surface area contributed by atoms with Crippen molar-refractivity contribution in [2.24, 2.45) is 35.3 Å². The van der Waals surface area contributed by atoms with Crippen molar-refractivity contribution in [3.63, 3.8) is 0 Å². The van der Waals surface area contributed by atoms with Crippen molar-refractivity contribution in [1.29, 1.82) is 0 Å². The Morgan fingerprint density at radius 1 is 0.745 bits per heavy atom. The number of nitrogens with zero attached hydrogens (tertiary/aromatic N) is 4. The van der Waals surface area contributed by atoms with Crippen LogP contribution in [0.25, 0.3) is 0 Å². The Morgan fingerprint density at radius 2 is 1.40 bits per heavy atom. The molecule has 94 heavy (non-hydrogen) atoms. The lowest BCUT2D eigenvalue weighted by molar-refractivity contribution is -0.148. The summed E-state index contributed by atoms with van der Waals surface area (Å²) >= 11 is 0. The molecule has 0 spiro atoms. The van der Waals surface area contributed by atoms with Gasteiger partial charge in [-0.05, 0) is 98.5 Å². The third-order valence-electron chi connectivity index (χ3n) is 17.8. The second-order valence-corrected chi connectivity index (χ2v) is 25.9. The minimum atomic E-state index is -1.11. The predicted molar refractivity (Wildman–Crippen MR) is 354 cm³/mol. The number of urea groups is 1. The molecule has 0 aromatic heterocycles. The highest BCUT2D eigenvalue weighted by Gasteiger charge is 2.44. The minimum Gasteiger partial charge on any atom is -0.445 e. The van der Waals surface area contributed by atoms with Crippen LogP contribution in [0.3, 0.4) is 0 Å². The lowest BCUT2D eigenvalue weighted by Crippen LogP contribution is -2.60. The number of likely N-dealkylation sites (N-methyl/N-ethyl adjacent to an activating group) is 2. The molecule has 0 bridgehead atoms. The fraction of sp³-hybridized carbons (Fsp3) is 0.647. The van der Waals surface area contributed by atoms with Crippen molar-refractivity contribution in [2.75, 3.05) is 53.3 Å². The molecule has 0 radical (unpaired) electrons. The van der Waals surface area contributed by atoms with E-state index < -0.39 is 120 Å². The molecule has 2 aliphatic rings. The van der Waals surface area contributed by atoms with E-state index in [2.05, 4.69) is 31.9 Å². The highest BCUT2D eigenvalue weighted by Crippen LogP contribution is 2.31. The molecule has 0 saturated carbocycles. The number of methoxy groups -OCH3 is 2. The van der Waals surface area contributed by atoms with Crippen LogP contribution in [0.15, 0.2) is 66.7 Å². The quantitative estimate of drug-likeness (QED) is 0.0405. The number of hydrogen-bond donors (Lipinski definition) is 9. The first-order valence-corrected chi connectivity index (χ1v) is 33.0. The average Bonchev–Trinajstić information content (AvgIpc) is 1.33. The first-order chi connectivity index (χ1) is 44.5. The number of nitrogens with one attached hydrogen (secondary N) is 6. The van der Waals surface area contributed by atoms with Crippen LogP contribution in [-0.2, 0) is 59.2 Å². The zero-order valence-corrected chi connectivity index (χ0v) is 57.6. The van der Waals surface area contributed by atoms with Crippen molar-refractivity contribution < 1.29 is 72.4 Å². The van der Waals surface area contributed by atoms with Gasteiger partial charge in [-0.3, -0.25) is 43.3 Å². The van der Waals surface area contributed by atoms with Gasteiger partial charge in [0, 0.05) is 66.1 Å². The van der Waals surface area contributed by atoms with Crippen LogP contribution >= 0.6 is 0 Å². The molecule has 2 aliphatic heterocycles. The molecule has 4 rings (SSSR count). The number of anilines is 1. The molecular formula is C68H107N11O15. The van der Waals surface area contributed by atoms with Gasteiger partial charge in [-0.1, -0.05) is 118 Å². The maximum Gasteiger partial charge on any atom is 0.410 e. The summed E-state index contributed by atoms with van der Waals surface area (Å²) in [4.78, 5) is 141. The number of hydrogen-bond acceptors (Lipinski definition) is 15. The molecule has 1 unspecified atom stereocenters. The van der Waals surface area contributed by atoms with Crippen molar-refractivity contribution >= 4 is 65.1 Å². The van der Waals surface area contributed by atoms with Crippen LogP contribution in [0.1, 0.15) is 151 Å². The van der Waals surface area contributed by atoms with Crippen LogP contribution < -0.4 is 37.6 Å². The van der Waals surface area contributed by atoms with Crippen LogP contribution in [0.2, 0.25) is 0 Å². The zero-order chi connectivity index (χ0) is 70.1. The Balaban J connectivity index is 1.37. The van der Waals surface area contributed by atoms with Crippen molar-refractivity contribution in [3.8, 4) is 0 Å². The van der Waals surface area contributed by atoms with Crippen LogP contribution in [0.4, 0.5) is 15.3 Å². The fourth-order valence-electron chi connectivity index (χ4n) is 12.2. The maximum absolute atomic E-state index is 14.8. The molecule has 11 amide bonds. The van der Waals surface area contributed by atoms with Gasteiger partial charge in [0.25, 0.3) is 0 Å². The number of rotatable bonds is 38. The van der Waals surface area contributed by atoms with Crippen LogP contribution in [-0.4, -0.2) is 198 Å². The lowest BCUT2D eigenvalue weighted by atomic mass is 9.89. The largest absolute Gasteiger partial charge is 0.445 e. The Labute approximate surface area is 554 Å². The number of ether oxygens (including phenoxy) is 3. The molecule has 26 heteroatoms. The highest BCUT2D eigenvalue weighted by atomic mass is 16.6. The number of carbonyl (C=O) groups is 10. The summed E-state index contributed by atoms with van der Waals surface area (Å²) in [5, 5.41) is 37.6. The molecule has 2 aromatic carbocycles.